The molecule has 0 fully saturated rings. The fourth-order valence-electron chi connectivity index (χ4n) is 2.04. The van der Waals surface area contributed by atoms with Crippen molar-refractivity contribution in [3.8, 4) is 0 Å². The summed E-state index contributed by atoms with van der Waals surface area (Å²) in [5.74, 6) is 0.623. The first-order valence-electron chi connectivity index (χ1n) is 6.39. The van der Waals surface area contributed by atoms with Crippen LogP contribution in [-0.4, -0.2) is 0 Å². The number of thioether (sulfide) groups is 1. The Morgan fingerprint density at radius 2 is 1.88 bits per heavy atom. The van der Waals surface area contributed by atoms with Gasteiger partial charge in [-0.15, -0.1) is 0 Å². The molecule has 0 spiro atoms. The lowest BCUT2D eigenvalue weighted by Crippen LogP contribution is -2.10. The van der Waals surface area contributed by atoms with Crippen LogP contribution in [-0.2, 0) is 6.42 Å². The maximum Gasteiger partial charge on any atom is 0.0154 e. The first-order valence-corrected chi connectivity index (χ1v) is 7.21. The molecule has 0 unspecified atom stereocenters. The highest BCUT2D eigenvalue weighted by atomic mass is 32.2. The highest BCUT2D eigenvalue weighted by molar-refractivity contribution is 8.03. The Labute approximate surface area is 110 Å². The van der Waals surface area contributed by atoms with Crippen LogP contribution in [0, 0.1) is 5.41 Å². The molecule has 0 saturated heterocycles. The van der Waals surface area contributed by atoms with E-state index >= 15 is 0 Å². The summed E-state index contributed by atoms with van der Waals surface area (Å²) in [6.07, 6.45) is 3.49. The van der Waals surface area contributed by atoms with Gasteiger partial charge in [-0.1, -0.05) is 64.6 Å². The van der Waals surface area contributed by atoms with Crippen LogP contribution in [0.4, 0.5) is 0 Å². The molecule has 1 aliphatic heterocycles. The maximum absolute atomic E-state index is 2.40. The molecular formula is C16H22S. The zero-order valence-electron chi connectivity index (χ0n) is 11.5. The van der Waals surface area contributed by atoms with Gasteiger partial charge >= 0.3 is 0 Å². The second-order valence-electron chi connectivity index (χ2n) is 6.15. The maximum atomic E-state index is 2.40. The number of hydrogen-bond acceptors (Lipinski definition) is 1. The molecular weight excluding hydrogens is 224 g/mol. The first-order chi connectivity index (χ1) is 7.88. The van der Waals surface area contributed by atoms with Gasteiger partial charge in [0.2, 0.25) is 0 Å². The molecule has 0 radical (unpaired) electrons. The molecule has 0 N–H and O–H groups in total. The zero-order valence-corrected chi connectivity index (χ0v) is 12.3. The summed E-state index contributed by atoms with van der Waals surface area (Å²) in [6, 6.07) is 6.96. The molecule has 0 aliphatic carbocycles. The molecule has 1 heteroatoms. The first kappa shape index (κ1) is 12.8. The van der Waals surface area contributed by atoms with Crippen molar-refractivity contribution >= 4 is 11.8 Å². The Bertz CT molecular complexity index is 447. The molecule has 0 saturated carbocycles. The van der Waals surface area contributed by atoms with Gasteiger partial charge in [0, 0.05) is 4.90 Å². The third kappa shape index (κ3) is 2.77. The third-order valence-corrected chi connectivity index (χ3v) is 4.83. The van der Waals surface area contributed by atoms with Gasteiger partial charge in [0.15, 0.2) is 0 Å². The van der Waals surface area contributed by atoms with E-state index in [1.54, 1.807) is 0 Å². The number of allylic oxidation sites excluding steroid dienone is 2. The van der Waals surface area contributed by atoms with Crippen molar-refractivity contribution < 1.29 is 0 Å². The highest BCUT2D eigenvalue weighted by Crippen LogP contribution is 2.44. The van der Waals surface area contributed by atoms with Crippen molar-refractivity contribution in [2.24, 2.45) is 5.41 Å². The van der Waals surface area contributed by atoms with Crippen LogP contribution in [0.15, 0.2) is 34.1 Å². The molecule has 1 aliphatic rings. The molecule has 0 atom stereocenters. The summed E-state index contributed by atoms with van der Waals surface area (Å²) in [4.78, 5) is 2.95. The predicted molar refractivity (Wildman–Crippen MR) is 77.6 cm³/mol. The predicted octanol–water partition coefficient (Wildman–Crippen LogP) is 5.39. The SMILES string of the molecule is CC(C)c1ccc2c(c1)CC=C(C(C)(C)C)S2. The molecule has 17 heavy (non-hydrogen) atoms. The summed E-state index contributed by atoms with van der Waals surface area (Å²) in [5.41, 5.74) is 3.23. The van der Waals surface area contributed by atoms with Crippen LogP contribution in [0.5, 0.6) is 0 Å². The monoisotopic (exact) mass is 246 g/mol. The Morgan fingerprint density at radius 1 is 1.18 bits per heavy atom. The second-order valence-corrected chi connectivity index (χ2v) is 7.23. The average Bonchev–Trinajstić information content (AvgIpc) is 2.26. The molecule has 0 aromatic heterocycles. The smallest absolute Gasteiger partial charge is 0.0154 e. The van der Waals surface area contributed by atoms with E-state index in [9.17, 15) is 0 Å². The molecule has 1 aromatic carbocycles. The Hall–Kier alpha value is -0.690. The lowest BCUT2D eigenvalue weighted by atomic mass is 9.93. The van der Waals surface area contributed by atoms with Crippen LogP contribution < -0.4 is 0 Å². The zero-order chi connectivity index (χ0) is 12.6. The van der Waals surface area contributed by atoms with Crippen LogP contribution in [0.3, 0.4) is 0 Å². The van der Waals surface area contributed by atoms with Gasteiger partial charge < -0.3 is 0 Å². The molecule has 92 valence electrons. The minimum Gasteiger partial charge on any atom is -0.0940 e. The Kier molecular flexibility index (Phi) is 3.40. The van der Waals surface area contributed by atoms with E-state index in [1.165, 1.54) is 20.9 Å². The fraction of sp³-hybridized carbons (Fsp3) is 0.500. The van der Waals surface area contributed by atoms with Gasteiger partial charge in [0.1, 0.15) is 0 Å². The van der Waals surface area contributed by atoms with Crippen molar-refractivity contribution in [3.05, 3.63) is 40.3 Å². The minimum absolute atomic E-state index is 0.277. The largest absolute Gasteiger partial charge is 0.0940 e. The van der Waals surface area contributed by atoms with Crippen molar-refractivity contribution in [1.82, 2.24) is 0 Å². The second kappa shape index (κ2) is 4.53. The highest BCUT2D eigenvalue weighted by Gasteiger charge is 2.22. The normalized spacial score (nSPS) is 15.8. The van der Waals surface area contributed by atoms with Crippen LogP contribution in [0.2, 0.25) is 0 Å². The van der Waals surface area contributed by atoms with Gasteiger partial charge in [-0.2, -0.15) is 0 Å². The summed E-state index contributed by atoms with van der Waals surface area (Å²) in [5, 5.41) is 0. The Balaban J connectivity index is 2.29. The number of fused-ring (bicyclic) bond motifs is 1. The molecule has 2 rings (SSSR count). The fourth-order valence-corrected chi connectivity index (χ4v) is 3.16. The average molecular weight is 246 g/mol. The minimum atomic E-state index is 0.277. The van der Waals surface area contributed by atoms with Crippen LogP contribution in [0.25, 0.3) is 0 Å². The molecule has 0 nitrogen and oxygen atoms in total. The summed E-state index contributed by atoms with van der Waals surface area (Å²) < 4.78 is 0. The molecule has 1 heterocycles. The van der Waals surface area contributed by atoms with Gasteiger partial charge in [-0.05, 0) is 39.9 Å². The van der Waals surface area contributed by atoms with E-state index in [2.05, 4.69) is 58.9 Å². The lowest BCUT2D eigenvalue weighted by Gasteiger charge is -2.27. The van der Waals surface area contributed by atoms with Crippen molar-refractivity contribution in [1.29, 1.82) is 0 Å². The summed E-state index contributed by atoms with van der Waals surface area (Å²) >= 11 is 1.95. The van der Waals surface area contributed by atoms with E-state index in [1.807, 2.05) is 11.8 Å². The molecule has 1 aromatic rings. The van der Waals surface area contributed by atoms with Gasteiger partial charge in [0.25, 0.3) is 0 Å². The molecule has 0 amide bonds. The quantitative estimate of drug-likeness (QED) is 0.640. The van der Waals surface area contributed by atoms with Crippen molar-refractivity contribution in [2.75, 3.05) is 0 Å². The van der Waals surface area contributed by atoms with Gasteiger partial charge in [-0.25, -0.2) is 0 Å². The number of benzene rings is 1. The van der Waals surface area contributed by atoms with E-state index in [0.29, 0.717) is 5.92 Å². The van der Waals surface area contributed by atoms with E-state index in [0.717, 1.165) is 6.42 Å². The van der Waals surface area contributed by atoms with Gasteiger partial charge in [0.05, 0.1) is 0 Å². The van der Waals surface area contributed by atoms with E-state index in [4.69, 9.17) is 0 Å². The van der Waals surface area contributed by atoms with Crippen LogP contribution >= 0.6 is 11.8 Å². The van der Waals surface area contributed by atoms with E-state index in [-0.39, 0.29) is 5.41 Å². The van der Waals surface area contributed by atoms with Gasteiger partial charge in [-0.3, -0.25) is 0 Å². The number of rotatable bonds is 1. The summed E-state index contributed by atoms with van der Waals surface area (Å²) in [7, 11) is 0. The van der Waals surface area contributed by atoms with Crippen LogP contribution in [0.1, 0.15) is 51.7 Å². The lowest BCUT2D eigenvalue weighted by molar-refractivity contribution is 0.530. The van der Waals surface area contributed by atoms with E-state index < -0.39 is 0 Å². The topological polar surface area (TPSA) is 0 Å². The molecule has 0 bridgehead atoms. The Morgan fingerprint density at radius 3 is 2.47 bits per heavy atom. The third-order valence-electron chi connectivity index (χ3n) is 3.22. The summed E-state index contributed by atoms with van der Waals surface area (Å²) in [6.45, 7) is 11.4. The van der Waals surface area contributed by atoms with Crippen molar-refractivity contribution in [3.63, 3.8) is 0 Å². The van der Waals surface area contributed by atoms with Crippen molar-refractivity contribution in [2.45, 2.75) is 51.9 Å². The standard InChI is InChI=1S/C16H22S/c1-11(2)12-6-8-14-13(10-12)7-9-15(17-14)16(3,4)5/h6,8-11H,7H2,1-5H3. The number of hydrogen-bond donors (Lipinski definition) is 0.